The molecule has 1 aliphatic heterocycles. The lowest BCUT2D eigenvalue weighted by molar-refractivity contribution is 0.112. The molecule has 0 saturated carbocycles. The molecule has 0 radical (unpaired) electrons. The van der Waals surface area contributed by atoms with Gasteiger partial charge >= 0.3 is 0 Å². The summed E-state index contributed by atoms with van der Waals surface area (Å²) in [5, 5.41) is 0. The van der Waals surface area contributed by atoms with Crippen LogP contribution in [0.1, 0.15) is 21.7 Å². The number of hydrogen-bond donors (Lipinski definition) is 3. The second kappa shape index (κ2) is 13.3. The van der Waals surface area contributed by atoms with E-state index in [9.17, 15) is 44.3 Å². The summed E-state index contributed by atoms with van der Waals surface area (Å²) in [5.41, 5.74) is -13.6. The highest BCUT2D eigenvalue weighted by atomic mass is 19.2. The number of aromatic amines is 3. The van der Waals surface area contributed by atoms with Crippen LogP contribution in [0.2, 0.25) is 0 Å². The van der Waals surface area contributed by atoms with Gasteiger partial charge in [-0.1, -0.05) is 0 Å². The SMILES string of the molecule is O=Cc1cc2[nH]c1c(-c1c(F)c(F)c(F)c(F)c1F)c1ccc([nH]1)c(-c1c(F)c(F)c(F)c(F)c1F)c1nc(c(-c3c(F)c(F)c(F)c(F)c3F)c3ccc2[nH]3)C=C1. The molecule has 0 fully saturated rings. The van der Waals surface area contributed by atoms with Crippen molar-refractivity contribution in [3.8, 4) is 33.4 Å². The molecule has 8 rings (SSSR count). The normalized spacial score (nSPS) is 12.1. The van der Waals surface area contributed by atoms with Crippen molar-refractivity contribution in [3.63, 3.8) is 0 Å². The predicted molar refractivity (Wildman–Crippen MR) is 176 cm³/mol. The van der Waals surface area contributed by atoms with Gasteiger partial charge in [-0.2, -0.15) is 0 Å². The van der Waals surface area contributed by atoms with Crippen LogP contribution < -0.4 is 0 Å². The van der Waals surface area contributed by atoms with Crippen molar-refractivity contribution in [2.45, 2.75) is 0 Å². The molecule has 0 spiro atoms. The average molecular weight is 825 g/mol. The van der Waals surface area contributed by atoms with Gasteiger partial charge in [0.05, 0.1) is 44.6 Å². The van der Waals surface area contributed by atoms with Gasteiger partial charge in [0.15, 0.2) is 76.1 Å². The number of rotatable bonds is 4. The van der Waals surface area contributed by atoms with Crippen LogP contribution in [0.4, 0.5) is 65.9 Å². The summed E-state index contributed by atoms with van der Waals surface area (Å²) in [7, 11) is 0. The van der Waals surface area contributed by atoms with Gasteiger partial charge in [-0.3, -0.25) is 4.79 Å². The van der Waals surface area contributed by atoms with Crippen molar-refractivity contribution >= 4 is 51.5 Å². The third-order valence-corrected chi connectivity index (χ3v) is 9.23. The lowest BCUT2D eigenvalue weighted by Gasteiger charge is -2.11. The Labute approximate surface area is 310 Å². The number of H-pyrrole nitrogens is 3. The summed E-state index contributed by atoms with van der Waals surface area (Å²) in [5.74, 6) is -37.3. The number of aromatic nitrogens is 4. The Morgan fingerprint density at radius 3 is 1.05 bits per heavy atom. The maximum Gasteiger partial charge on any atom is 0.200 e. The minimum atomic E-state index is -2.63. The highest BCUT2D eigenvalue weighted by Crippen LogP contribution is 2.42. The van der Waals surface area contributed by atoms with Gasteiger partial charge in [0.2, 0.25) is 17.5 Å². The number of fused-ring (bicyclic) bond motifs is 9. The molecule has 5 nitrogen and oxygen atoms in total. The highest BCUT2D eigenvalue weighted by molar-refractivity contribution is 6.05. The first-order valence-electron chi connectivity index (χ1n) is 15.9. The van der Waals surface area contributed by atoms with Gasteiger partial charge in [-0.05, 0) is 42.5 Å². The van der Waals surface area contributed by atoms with E-state index in [1.807, 2.05) is 0 Å². The number of carbonyl (C=O) groups is 1. The number of aldehydes is 1. The Morgan fingerprint density at radius 1 is 0.362 bits per heavy atom. The fourth-order valence-electron chi connectivity index (χ4n) is 6.61. The van der Waals surface area contributed by atoms with Crippen molar-refractivity contribution in [2.75, 3.05) is 0 Å². The Hall–Kier alpha value is -6.99. The van der Waals surface area contributed by atoms with Crippen molar-refractivity contribution in [1.82, 2.24) is 19.9 Å². The van der Waals surface area contributed by atoms with Crippen LogP contribution in [0.3, 0.4) is 0 Å². The monoisotopic (exact) mass is 824 g/mol. The third-order valence-electron chi connectivity index (χ3n) is 9.23. The van der Waals surface area contributed by atoms with Gasteiger partial charge in [-0.15, -0.1) is 0 Å². The van der Waals surface area contributed by atoms with Gasteiger partial charge < -0.3 is 15.0 Å². The summed E-state index contributed by atoms with van der Waals surface area (Å²) in [6.07, 6.45) is 1.61. The zero-order valence-electron chi connectivity index (χ0n) is 27.6. The standard InChI is InChI=1S/C38H11F15N4O/c39-23-20(24(40)30(46)35(51)29(23)45)17-11-2-1-10(54-11)16-7-9(8-58)38(57-16)19(22-27(43)33(49)37(53)34(50)28(22)44)15-6-5-14(56-15)18(13-4-3-12(17)55-13)21-25(41)31(47)36(52)32(48)26(21)42/h1-8,54,56-57H. The Bertz CT molecular complexity index is 3080. The zero-order valence-corrected chi connectivity index (χ0v) is 27.6. The molecule has 1 aliphatic rings. The molecule has 0 unspecified atom stereocenters. The highest BCUT2D eigenvalue weighted by Gasteiger charge is 2.33. The Balaban J connectivity index is 1.68. The van der Waals surface area contributed by atoms with Crippen molar-refractivity contribution in [2.24, 2.45) is 0 Å². The van der Waals surface area contributed by atoms with Crippen LogP contribution in [-0.4, -0.2) is 26.2 Å². The molecule has 58 heavy (non-hydrogen) atoms. The van der Waals surface area contributed by atoms with Crippen LogP contribution in [0.25, 0.3) is 78.6 Å². The van der Waals surface area contributed by atoms with E-state index >= 15 is 26.3 Å². The lowest BCUT2D eigenvalue weighted by Crippen LogP contribution is -2.05. The third kappa shape index (κ3) is 5.30. The largest absolute Gasteiger partial charge is 0.354 e. The molecule has 3 N–H and O–H groups in total. The van der Waals surface area contributed by atoms with Crippen LogP contribution in [0.15, 0.2) is 30.3 Å². The first kappa shape index (κ1) is 37.9. The molecule has 0 amide bonds. The maximum absolute atomic E-state index is 15.6. The van der Waals surface area contributed by atoms with Gasteiger partial charge in [0, 0.05) is 38.8 Å². The van der Waals surface area contributed by atoms with Gasteiger partial charge in [0.25, 0.3) is 0 Å². The smallest absolute Gasteiger partial charge is 0.200 e. The Kier molecular flexibility index (Phi) is 8.70. The fraction of sp³-hybridized carbons (Fsp3) is 0. The number of hydrogen-bond acceptors (Lipinski definition) is 2. The molecule has 294 valence electrons. The van der Waals surface area contributed by atoms with Crippen LogP contribution in [-0.2, 0) is 0 Å². The van der Waals surface area contributed by atoms with Gasteiger partial charge in [-0.25, -0.2) is 70.8 Å². The average Bonchev–Trinajstić information content (AvgIpc) is 4.05. The van der Waals surface area contributed by atoms with E-state index in [0.717, 1.165) is 42.5 Å². The van der Waals surface area contributed by atoms with Crippen LogP contribution in [0, 0.1) is 87.3 Å². The van der Waals surface area contributed by atoms with Crippen molar-refractivity contribution in [3.05, 3.63) is 135 Å². The van der Waals surface area contributed by atoms with E-state index in [-0.39, 0.29) is 17.3 Å². The predicted octanol–water partition coefficient (Wildman–Crippen LogP) is 11.6. The molecule has 8 bridgehead atoms. The van der Waals surface area contributed by atoms with E-state index in [4.69, 9.17) is 0 Å². The van der Waals surface area contributed by atoms with E-state index in [0.29, 0.717) is 0 Å². The van der Waals surface area contributed by atoms with Crippen LogP contribution >= 0.6 is 0 Å². The van der Waals surface area contributed by atoms with E-state index in [2.05, 4.69) is 19.9 Å². The minimum absolute atomic E-state index is 0.0473. The molecule has 0 atom stereocenters. The molecular weight excluding hydrogens is 813 g/mol. The lowest BCUT2D eigenvalue weighted by atomic mass is 10.0. The van der Waals surface area contributed by atoms with Crippen molar-refractivity contribution < 1.29 is 70.7 Å². The quantitative estimate of drug-likeness (QED) is 0.0715. The molecule has 20 heteroatoms. The second-order valence-electron chi connectivity index (χ2n) is 12.4. The van der Waals surface area contributed by atoms with E-state index < -0.39 is 160 Å². The topological polar surface area (TPSA) is 77.3 Å². The number of halogens is 15. The number of benzene rings is 3. The molecular formula is C38H11F15N4O. The van der Waals surface area contributed by atoms with E-state index in [1.165, 1.54) is 0 Å². The first-order valence-corrected chi connectivity index (χ1v) is 15.9. The summed E-state index contributed by atoms with van der Waals surface area (Å²) in [6, 6.07) is 4.56. The molecule has 0 saturated heterocycles. The molecule has 0 aliphatic carbocycles. The molecule has 3 aromatic carbocycles. The summed E-state index contributed by atoms with van der Waals surface area (Å²) in [6.45, 7) is 0. The van der Waals surface area contributed by atoms with Crippen LogP contribution in [0.5, 0.6) is 0 Å². The Morgan fingerprint density at radius 2 is 0.672 bits per heavy atom. The molecule has 4 aromatic heterocycles. The van der Waals surface area contributed by atoms with Crippen molar-refractivity contribution in [1.29, 1.82) is 0 Å². The maximum atomic E-state index is 15.6. The summed E-state index contributed by atoms with van der Waals surface area (Å²) in [4.78, 5) is 23.9. The first-order chi connectivity index (χ1) is 27.5. The van der Waals surface area contributed by atoms with E-state index in [1.54, 1.807) is 0 Å². The zero-order chi connectivity index (χ0) is 41.8. The summed E-state index contributed by atoms with van der Waals surface area (Å²) >= 11 is 0. The molecule has 5 heterocycles. The fourth-order valence-corrected chi connectivity index (χ4v) is 6.61. The van der Waals surface area contributed by atoms with Gasteiger partial charge in [0.1, 0.15) is 0 Å². The number of carbonyl (C=O) groups excluding carboxylic acids is 1. The summed E-state index contributed by atoms with van der Waals surface area (Å²) < 4.78 is 224. The molecule has 7 aromatic rings. The minimum Gasteiger partial charge on any atom is -0.354 e. The number of nitrogens with one attached hydrogen (secondary N) is 3. The second-order valence-corrected chi connectivity index (χ2v) is 12.4. The number of nitrogens with zero attached hydrogens (tertiary/aromatic N) is 1.